The predicted molar refractivity (Wildman–Crippen MR) is 69.9 cm³/mol. The zero-order valence-electron chi connectivity index (χ0n) is 11.3. The molecule has 1 atom stereocenters. The van der Waals surface area contributed by atoms with Gasteiger partial charge in [0.25, 0.3) is 5.91 Å². The van der Waals surface area contributed by atoms with Crippen LogP contribution in [0.2, 0.25) is 0 Å². The van der Waals surface area contributed by atoms with Gasteiger partial charge in [-0.15, -0.1) is 0 Å². The average molecular weight is 289 g/mol. The van der Waals surface area contributed by atoms with Crippen molar-refractivity contribution in [2.45, 2.75) is 32.7 Å². The summed E-state index contributed by atoms with van der Waals surface area (Å²) in [6.45, 7) is 5.11. The Morgan fingerprint density at radius 2 is 2.00 bits per heavy atom. The predicted octanol–water partition coefficient (Wildman–Crippen LogP) is 0.393. The van der Waals surface area contributed by atoms with E-state index in [1.165, 1.54) is 6.08 Å². The van der Waals surface area contributed by atoms with Gasteiger partial charge in [-0.25, -0.2) is 8.42 Å². The molecule has 1 unspecified atom stereocenters. The van der Waals surface area contributed by atoms with Gasteiger partial charge in [-0.05, 0) is 20.8 Å². The van der Waals surface area contributed by atoms with Crippen LogP contribution in [0.15, 0.2) is 11.5 Å². The lowest BCUT2D eigenvalue weighted by Crippen LogP contribution is -2.42. The van der Waals surface area contributed by atoms with Crippen molar-refractivity contribution in [3.8, 4) is 0 Å². The standard InChI is InChI=1S/C12H19NO5S/c1-12(2,3)13-10(14)7-18-11(15)6-9-4-5-19(16,17)8-9/h4-5,9H,6-8H2,1-3H3,(H,13,14). The van der Waals surface area contributed by atoms with Crippen molar-refractivity contribution in [3.63, 3.8) is 0 Å². The summed E-state index contributed by atoms with van der Waals surface area (Å²) in [6.07, 6.45) is 1.45. The van der Waals surface area contributed by atoms with Crippen molar-refractivity contribution in [1.29, 1.82) is 0 Å². The maximum absolute atomic E-state index is 11.4. The normalized spacial score (nSPS) is 21.1. The minimum Gasteiger partial charge on any atom is -0.456 e. The zero-order valence-corrected chi connectivity index (χ0v) is 12.1. The van der Waals surface area contributed by atoms with Crippen molar-refractivity contribution in [1.82, 2.24) is 5.32 Å². The van der Waals surface area contributed by atoms with E-state index in [0.717, 1.165) is 5.41 Å². The first-order chi connectivity index (χ1) is 8.57. The summed E-state index contributed by atoms with van der Waals surface area (Å²) in [6, 6.07) is 0. The summed E-state index contributed by atoms with van der Waals surface area (Å²) in [5.41, 5.74) is -0.383. The van der Waals surface area contributed by atoms with Gasteiger partial charge in [-0.2, -0.15) is 0 Å². The minimum absolute atomic E-state index is 0.0292. The van der Waals surface area contributed by atoms with Crippen LogP contribution in [0.4, 0.5) is 0 Å². The second kappa shape index (κ2) is 5.73. The monoisotopic (exact) mass is 289 g/mol. The van der Waals surface area contributed by atoms with Crippen LogP contribution in [0.5, 0.6) is 0 Å². The Kier molecular flexibility index (Phi) is 4.73. The number of esters is 1. The number of allylic oxidation sites excluding steroid dienone is 1. The van der Waals surface area contributed by atoms with E-state index in [1.54, 1.807) is 0 Å². The smallest absolute Gasteiger partial charge is 0.306 e. The van der Waals surface area contributed by atoms with Gasteiger partial charge in [0.2, 0.25) is 0 Å². The number of amides is 1. The van der Waals surface area contributed by atoms with Crippen LogP contribution in [0.25, 0.3) is 0 Å². The largest absolute Gasteiger partial charge is 0.456 e. The topological polar surface area (TPSA) is 89.5 Å². The van der Waals surface area contributed by atoms with Crippen molar-refractivity contribution in [3.05, 3.63) is 11.5 Å². The van der Waals surface area contributed by atoms with Crippen LogP contribution in [-0.4, -0.2) is 38.2 Å². The summed E-state index contributed by atoms with van der Waals surface area (Å²) in [5, 5.41) is 3.76. The first-order valence-corrected chi connectivity index (χ1v) is 7.66. The molecule has 1 aliphatic rings. The number of ether oxygens (including phenoxy) is 1. The lowest BCUT2D eigenvalue weighted by molar-refractivity contribution is -0.149. The molecule has 1 rings (SSSR count). The van der Waals surface area contributed by atoms with Crippen molar-refractivity contribution in [2.75, 3.05) is 12.4 Å². The number of carbonyl (C=O) groups is 2. The Bertz CT molecular complexity index is 487. The fraction of sp³-hybridized carbons (Fsp3) is 0.667. The molecule has 0 spiro atoms. The second-order valence-corrected chi connectivity index (χ2v) is 7.51. The molecule has 0 aromatic heterocycles. The van der Waals surface area contributed by atoms with Crippen LogP contribution in [0, 0.1) is 5.92 Å². The molecule has 1 heterocycles. The van der Waals surface area contributed by atoms with Crippen molar-refractivity contribution >= 4 is 21.7 Å². The van der Waals surface area contributed by atoms with Crippen molar-refractivity contribution in [2.24, 2.45) is 5.92 Å². The highest BCUT2D eigenvalue weighted by Gasteiger charge is 2.24. The number of rotatable bonds is 4. The second-order valence-electron chi connectivity index (χ2n) is 5.58. The maximum atomic E-state index is 11.4. The number of carbonyl (C=O) groups excluding carboxylic acids is 2. The molecule has 1 amide bonds. The van der Waals surface area contributed by atoms with Crippen LogP contribution in [-0.2, 0) is 24.2 Å². The van der Waals surface area contributed by atoms with E-state index in [-0.39, 0.29) is 36.1 Å². The van der Waals surface area contributed by atoms with E-state index in [1.807, 2.05) is 20.8 Å². The molecular weight excluding hydrogens is 270 g/mol. The molecular formula is C12H19NO5S. The van der Waals surface area contributed by atoms with Crippen LogP contribution in [0.1, 0.15) is 27.2 Å². The highest BCUT2D eigenvalue weighted by Crippen LogP contribution is 2.18. The minimum atomic E-state index is -3.16. The van der Waals surface area contributed by atoms with Gasteiger partial charge in [0, 0.05) is 16.9 Å². The summed E-state index contributed by atoms with van der Waals surface area (Å²) in [4.78, 5) is 22.9. The number of nitrogens with one attached hydrogen (secondary N) is 1. The third kappa shape index (κ3) is 6.37. The van der Waals surface area contributed by atoms with E-state index in [9.17, 15) is 18.0 Å². The summed E-state index contributed by atoms with van der Waals surface area (Å²) < 4.78 is 27.1. The van der Waals surface area contributed by atoms with Gasteiger partial charge >= 0.3 is 5.97 Å². The van der Waals surface area contributed by atoms with Crippen LogP contribution in [0.3, 0.4) is 0 Å². The molecule has 0 fully saturated rings. The zero-order chi connectivity index (χ0) is 14.7. The van der Waals surface area contributed by atoms with Crippen LogP contribution >= 0.6 is 0 Å². The Balaban J connectivity index is 2.30. The fourth-order valence-electron chi connectivity index (χ4n) is 1.64. The summed E-state index contributed by atoms with van der Waals surface area (Å²) in [7, 11) is -3.16. The van der Waals surface area contributed by atoms with Gasteiger partial charge in [0.05, 0.1) is 12.2 Å². The van der Waals surface area contributed by atoms with E-state index in [4.69, 9.17) is 4.74 Å². The molecule has 19 heavy (non-hydrogen) atoms. The number of hydrogen-bond donors (Lipinski definition) is 1. The van der Waals surface area contributed by atoms with E-state index < -0.39 is 15.8 Å². The Hall–Kier alpha value is -1.37. The van der Waals surface area contributed by atoms with E-state index in [0.29, 0.717) is 0 Å². The molecule has 0 radical (unpaired) electrons. The summed E-state index contributed by atoms with van der Waals surface area (Å²) in [5.74, 6) is -1.38. The van der Waals surface area contributed by atoms with E-state index in [2.05, 4.69) is 5.32 Å². The lowest BCUT2D eigenvalue weighted by atomic mass is 10.1. The third-order valence-electron chi connectivity index (χ3n) is 2.31. The molecule has 108 valence electrons. The molecule has 0 aromatic rings. The van der Waals surface area contributed by atoms with Gasteiger partial charge in [0.15, 0.2) is 16.4 Å². The molecule has 1 aliphatic heterocycles. The Labute approximate surface area is 113 Å². The highest BCUT2D eigenvalue weighted by atomic mass is 32.2. The molecule has 6 nitrogen and oxygen atoms in total. The molecule has 0 saturated carbocycles. The van der Waals surface area contributed by atoms with Gasteiger partial charge in [0.1, 0.15) is 0 Å². The molecule has 0 aromatic carbocycles. The summed E-state index contributed by atoms with van der Waals surface area (Å²) >= 11 is 0. The highest BCUT2D eigenvalue weighted by molar-refractivity contribution is 7.94. The van der Waals surface area contributed by atoms with Gasteiger partial charge in [-0.3, -0.25) is 9.59 Å². The van der Waals surface area contributed by atoms with Gasteiger partial charge < -0.3 is 10.1 Å². The molecule has 0 saturated heterocycles. The Morgan fingerprint density at radius 3 is 2.47 bits per heavy atom. The first-order valence-electron chi connectivity index (χ1n) is 5.95. The molecule has 0 aliphatic carbocycles. The quantitative estimate of drug-likeness (QED) is 0.756. The number of hydrogen-bond acceptors (Lipinski definition) is 5. The number of sulfone groups is 1. The molecule has 0 bridgehead atoms. The van der Waals surface area contributed by atoms with Crippen LogP contribution < -0.4 is 5.32 Å². The third-order valence-corrected chi connectivity index (χ3v) is 3.78. The first kappa shape index (κ1) is 15.7. The molecule has 1 N–H and O–H groups in total. The molecule has 7 heteroatoms. The lowest BCUT2D eigenvalue weighted by Gasteiger charge is -2.20. The van der Waals surface area contributed by atoms with E-state index >= 15 is 0 Å². The van der Waals surface area contributed by atoms with Crippen molar-refractivity contribution < 1.29 is 22.7 Å². The SMILES string of the molecule is CC(C)(C)NC(=O)COC(=O)CC1C=CS(=O)(=O)C1. The fourth-order valence-corrected chi connectivity index (χ4v) is 3.04. The Morgan fingerprint density at radius 1 is 1.37 bits per heavy atom. The maximum Gasteiger partial charge on any atom is 0.306 e. The average Bonchev–Trinajstić information content (AvgIpc) is 2.52. The van der Waals surface area contributed by atoms with Gasteiger partial charge in [-0.1, -0.05) is 6.08 Å².